The van der Waals surface area contributed by atoms with Crippen LogP contribution < -0.4 is 0 Å². The van der Waals surface area contributed by atoms with Crippen molar-refractivity contribution in [3.05, 3.63) is 54.1 Å². The predicted molar refractivity (Wildman–Crippen MR) is 61.4 cm³/mol. The lowest BCUT2D eigenvalue weighted by molar-refractivity contribution is 0.553. The molecule has 0 bridgehead atoms. The zero-order chi connectivity index (χ0) is 12.7. The zero-order valence-corrected chi connectivity index (χ0v) is 9.05. The van der Waals surface area contributed by atoms with Gasteiger partial charge >= 0.3 is 0 Å². The van der Waals surface area contributed by atoms with Gasteiger partial charge in [-0.3, -0.25) is 0 Å². The van der Waals surface area contributed by atoms with E-state index in [9.17, 15) is 13.2 Å². The summed E-state index contributed by atoms with van der Waals surface area (Å²) in [6, 6.07) is 6.47. The van der Waals surface area contributed by atoms with Crippen LogP contribution in [-0.2, 0) is 0 Å². The molecule has 0 unspecified atom stereocenters. The monoisotopic (exact) mass is 248 g/mol. The van der Waals surface area contributed by atoms with Gasteiger partial charge in [0, 0.05) is 29.3 Å². The van der Waals surface area contributed by atoms with E-state index in [1.54, 1.807) is 18.3 Å². The topological polar surface area (TPSA) is 28.7 Å². The first-order chi connectivity index (χ1) is 8.65. The standard InChI is InChI=1S/C13H7F3N2/c14-8-5-10(18-11(15)6-8)9-2-1-7-3-4-17-13(7)12(9)16/h1-6,17H. The summed E-state index contributed by atoms with van der Waals surface area (Å²) in [6.45, 7) is 0. The summed E-state index contributed by atoms with van der Waals surface area (Å²) in [5, 5.41) is 0.688. The minimum atomic E-state index is -0.976. The second-order valence-corrected chi connectivity index (χ2v) is 3.86. The van der Waals surface area contributed by atoms with E-state index in [2.05, 4.69) is 9.97 Å². The Hall–Kier alpha value is -2.30. The normalized spacial score (nSPS) is 11.1. The minimum Gasteiger partial charge on any atom is -0.359 e. The molecule has 0 saturated carbocycles. The van der Waals surface area contributed by atoms with Gasteiger partial charge in [0.1, 0.15) is 5.82 Å². The minimum absolute atomic E-state index is 0.0587. The third-order valence-corrected chi connectivity index (χ3v) is 2.70. The van der Waals surface area contributed by atoms with E-state index in [0.29, 0.717) is 17.0 Å². The number of benzene rings is 1. The van der Waals surface area contributed by atoms with Gasteiger partial charge in [0.05, 0.1) is 11.2 Å². The Balaban J connectivity index is 2.27. The lowest BCUT2D eigenvalue weighted by Crippen LogP contribution is -1.93. The molecular formula is C13H7F3N2. The van der Waals surface area contributed by atoms with Crippen molar-refractivity contribution >= 4 is 10.9 Å². The van der Waals surface area contributed by atoms with Crippen molar-refractivity contribution in [1.29, 1.82) is 0 Å². The van der Waals surface area contributed by atoms with Gasteiger partial charge in [-0.1, -0.05) is 6.07 Å². The molecule has 5 heteroatoms. The molecule has 0 aliphatic heterocycles. The Morgan fingerprint density at radius 2 is 1.83 bits per heavy atom. The molecule has 0 fully saturated rings. The lowest BCUT2D eigenvalue weighted by Gasteiger charge is -2.04. The van der Waals surface area contributed by atoms with E-state index < -0.39 is 17.6 Å². The van der Waals surface area contributed by atoms with E-state index in [1.165, 1.54) is 6.07 Å². The van der Waals surface area contributed by atoms with Crippen LogP contribution in [-0.4, -0.2) is 9.97 Å². The maximum Gasteiger partial charge on any atom is 0.216 e. The van der Waals surface area contributed by atoms with Gasteiger partial charge in [0.2, 0.25) is 5.95 Å². The summed E-state index contributed by atoms with van der Waals surface area (Å²) in [5.74, 6) is -2.34. The van der Waals surface area contributed by atoms with Gasteiger partial charge in [-0.15, -0.1) is 0 Å². The number of aromatic nitrogens is 2. The maximum atomic E-state index is 14.1. The number of aromatic amines is 1. The van der Waals surface area contributed by atoms with Gasteiger partial charge in [-0.2, -0.15) is 4.39 Å². The quantitative estimate of drug-likeness (QED) is 0.654. The van der Waals surface area contributed by atoms with Crippen LogP contribution in [0.1, 0.15) is 0 Å². The van der Waals surface area contributed by atoms with E-state index in [0.717, 1.165) is 6.07 Å². The molecule has 18 heavy (non-hydrogen) atoms. The maximum absolute atomic E-state index is 14.1. The van der Waals surface area contributed by atoms with Crippen LogP contribution >= 0.6 is 0 Å². The average Bonchev–Trinajstić information content (AvgIpc) is 2.77. The van der Waals surface area contributed by atoms with E-state index in [4.69, 9.17) is 0 Å². The first kappa shape index (κ1) is 10.8. The predicted octanol–water partition coefficient (Wildman–Crippen LogP) is 3.65. The molecule has 0 saturated heterocycles. The Bertz CT molecular complexity index is 714. The van der Waals surface area contributed by atoms with Crippen molar-refractivity contribution in [1.82, 2.24) is 9.97 Å². The van der Waals surface area contributed by atoms with E-state index in [-0.39, 0.29) is 11.3 Å². The van der Waals surface area contributed by atoms with Crippen molar-refractivity contribution in [2.24, 2.45) is 0 Å². The molecule has 2 aromatic heterocycles. The number of nitrogens with one attached hydrogen (secondary N) is 1. The van der Waals surface area contributed by atoms with Gasteiger partial charge in [0.25, 0.3) is 0 Å². The van der Waals surface area contributed by atoms with Crippen molar-refractivity contribution in [3.8, 4) is 11.3 Å². The fraction of sp³-hybridized carbons (Fsp3) is 0. The number of rotatable bonds is 1. The molecule has 0 amide bonds. The molecule has 1 aromatic carbocycles. The summed E-state index contributed by atoms with van der Waals surface area (Å²) in [6.07, 6.45) is 1.59. The molecular weight excluding hydrogens is 241 g/mol. The highest BCUT2D eigenvalue weighted by molar-refractivity contribution is 5.85. The third-order valence-electron chi connectivity index (χ3n) is 2.70. The van der Waals surface area contributed by atoms with Crippen LogP contribution in [0.15, 0.2) is 36.5 Å². The molecule has 0 radical (unpaired) electrons. The molecule has 0 aliphatic rings. The Morgan fingerprint density at radius 1 is 1.00 bits per heavy atom. The van der Waals surface area contributed by atoms with Crippen LogP contribution in [0.4, 0.5) is 13.2 Å². The Morgan fingerprint density at radius 3 is 2.61 bits per heavy atom. The van der Waals surface area contributed by atoms with Crippen molar-refractivity contribution in [3.63, 3.8) is 0 Å². The van der Waals surface area contributed by atoms with Gasteiger partial charge < -0.3 is 4.98 Å². The summed E-state index contributed by atoms with van der Waals surface area (Å²) >= 11 is 0. The van der Waals surface area contributed by atoms with E-state index >= 15 is 0 Å². The van der Waals surface area contributed by atoms with Gasteiger partial charge in [0.15, 0.2) is 5.82 Å². The number of fused-ring (bicyclic) bond motifs is 1. The van der Waals surface area contributed by atoms with Crippen LogP contribution in [0.3, 0.4) is 0 Å². The van der Waals surface area contributed by atoms with Crippen molar-refractivity contribution in [2.75, 3.05) is 0 Å². The fourth-order valence-corrected chi connectivity index (χ4v) is 1.89. The number of halogens is 3. The molecule has 0 atom stereocenters. The van der Waals surface area contributed by atoms with Crippen LogP contribution in [0.5, 0.6) is 0 Å². The lowest BCUT2D eigenvalue weighted by atomic mass is 10.1. The average molecular weight is 248 g/mol. The Labute approximate surface area is 100 Å². The summed E-state index contributed by atoms with van der Waals surface area (Å²) in [5.41, 5.74) is 0.281. The number of H-pyrrole nitrogens is 1. The van der Waals surface area contributed by atoms with Crippen LogP contribution in [0, 0.1) is 17.6 Å². The van der Waals surface area contributed by atoms with Gasteiger partial charge in [-0.05, 0) is 12.1 Å². The molecule has 1 N–H and O–H groups in total. The first-order valence-corrected chi connectivity index (χ1v) is 5.24. The largest absolute Gasteiger partial charge is 0.359 e. The van der Waals surface area contributed by atoms with Crippen LogP contribution in [0.25, 0.3) is 22.2 Å². The number of hydrogen-bond donors (Lipinski definition) is 1. The zero-order valence-electron chi connectivity index (χ0n) is 9.05. The molecule has 0 aliphatic carbocycles. The molecule has 90 valence electrons. The van der Waals surface area contributed by atoms with Crippen molar-refractivity contribution in [2.45, 2.75) is 0 Å². The second kappa shape index (κ2) is 3.87. The Kier molecular flexibility index (Phi) is 2.33. The number of pyridine rings is 1. The smallest absolute Gasteiger partial charge is 0.216 e. The molecule has 2 heterocycles. The first-order valence-electron chi connectivity index (χ1n) is 5.24. The highest BCUT2D eigenvalue weighted by Crippen LogP contribution is 2.27. The molecule has 2 nitrogen and oxygen atoms in total. The summed E-state index contributed by atoms with van der Waals surface area (Å²) in [4.78, 5) is 6.23. The number of nitrogens with zero attached hydrogens (tertiary/aromatic N) is 1. The van der Waals surface area contributed by atoms with E-state index in [1.807, 2.05) is 0 Å². The van der Waals surface area contributed by atoms with Gasteiger partial charge in [-0.25, -0.2) is 13.8 Å². The second-order valence-electron chi connectivity index (χ2n) is 3.86. The summed E-state index contributed by atoms with van der Waals surface area (Å²) in [7, 11) is 0. The van der Waals surface area contributed by atoms with Crippen molar-refractivity contribution < 1.29 is 13.2 Å². The summed E-state index contributed by atoms with van der Waals surface area (Å²) < 4.78 is 40.2. The molecule has 3 aromatic rings. The highest BCUT2D eigenvalue weighted by atomic mass is 19.1. The molecule has 0 spiro atoms. The number of hydrogen-bond acceptors (Lipinski definition) is 1. The fourth-order valence-electron chi connectivity index (χ4n) is 1.89. The van der Waals surface area contributed by atoms with Crippen LogP contribution in [0.2, 0.25) is 0 Å². The SMILES string of the molecule is Fc1cc(F)nc(-c2ccc3cc[nH]c3c2F)c1. The molecule has 3 rings (SSSR count). The third kappa shape index (κ3) is 1.64. The highest BCUT2D eigenvalue weighted by Gasteiger charge is 2.13.